The van der Waals surface area contributed by atoms with E-state index in [0.717, 1.165) is 5.56 Å². The fourth-order valence-corrected chi connectivity index (χ4v) is 2.60. The number of nitrogens with two attached hydrogens (primary N) is 1. The van der Waals surface area contributed by atoms with Crippen LogP contribution in [0.15, 0.2) is 27.7 Å². The van der Waals surface area contributed by atoms with Crippen LogP contribution in [0.2, 0.25) is 0 Å². The summed E-state index contributed by atoms with van der Waals surface area (Å²) in [5.41, 5.74) is 6.54. The second kappa shape index (κ2) is 4.68. The van der Waals surface area contributed by atoms with Gasteiger partial charge in [0.15, 0.2) is 0 Å². The first kappa shape index (κ1) is 13.0. The molecule has 4 nitrogen and oxygen atoms in total. The van der Waals surface area contributed by atoms with E-state index in [0.29, 0.717) is 4.47 Å². The van der Waals surface area contributed by atoms with E-state index in [-0.39, 0.29) is 23.7 Å². The van der Waals surface area contributed by atoms with Crippen molar-refractivity contribution in [1.82, 2.24) is 4.90 Å². The molecule has 0 aliphatic carbocycles. The number of urea groups is 1. The zero-order valence-corrected chi connectivity index (χ0v) is 11.6. The summed E-state index contributed by atoms with van der Waals surface area (Å²) in [6, 6.07) is 3.47. The van der Waals surface area contributed by atoms with Crippen LogP contribution in [0.4, 0.5) is 9.18 Å². The lowest BCUT2D eigenvalue weighted by Gasteiger charge is -2.28. The summed E-state index contributed by atoms with van der Waals surface area (Å²) in [4.78, 5) is 17.1. The Hall–Kier alpha value is -1.43. The fourth-order valence-electron chi connectivity index (χ4n) is 2.03. The van der Waals surface area contributed by atoms with Crippen LogP contribution in [0.25, 0.3) is 0 Å². The number of benzene rings is 1. The van der Waals surface area contributed by atoms with Crippen LogP contribution in [0.1, 0.15) is 25.5 Å². The minimum absolute atomic E-state index is 0.0377. The van der Waals surface area contributed by atoms with Crippen molar-refractivity contribution in [1.29, 1.82) is 0 Å². The Morgan fingerprint density at radius 2 is 2.17 bits per heavy atom. The lowest BCUT2D eigenvalue weighted by molar-refractivity contribution is 0.190. The first-order valence-corrected chi connectivity index (χ1v) is 6.32. The summed E-state index contributed by atoms with van der Waals surface area (Å²) < 4.78 is 13.7. The molecule has 2 N–H and O–H groups in total. The predicted octanol–water partition coefficient (Wildman–Crippen LogP) is 2.83. The zero-order chi connectivity index (χ0) is 13.4. The topological polar surface area (TPSA) is 58.7 Å². The van der Waals surface area contributed by atoms with Gasteiger partial charge in [-0.25, -0.2) is 9.18 Å². The third-order valence-corrected chi connectivity index (χ3v) is 3.50. The molecule has 0 saturated carbocycles. The smallest absolute Gasteiger partial charge is 0.346 e. The van der Waals surface area contributed by atoms with Gasteiger partial charge >= 0.3 is 6.03 Å². The summed E-state index contributed by atoms with van der Waals surface area (Å²) in [5.74, 6) is -0.109. The highest BCUT2D eigenvalue weighted by atomic mass is 79.9. The first-order chi connectivity index (χ1) is 8.41. The molecule has 2 amide bonds. The van der Waals surface area contributed by atoms with Gasteiger partial charge in [0.2, 0.25) is 0 Å². The van der Waals surface area contributed by atoms with E-state index in [9.17, 15) is 9.18 Å². The molecule has 2 rings (SSSR count). The fraction of sp³-hybridized carbons (Fsp3) is 0.333. The number of carbonyl (C=O) groups is 1. The predicted molar refractivity (Wildman–Crippen MR) is 70.8 cm³/mol. The zero-order valence-electron chi connectivity index (χ0n) is 10.0. The average molecular weight is 314 g/mol. The van der Waals surface area contributed by atoms with Crippen molar-refractivity contribution in [2.45, 2.75) is 25.9 Å². The first-order valence-electron chi connectivity index (χ1n) is 5.53. The number of hydrogen-bond donors (Lipinski definition) is 1. The van der Waals surface area contributed by atoms with Crippen molar-refractivity contribution in [3.05, 3.63) is 34.1 Å². The van der Waals surface area contributed by atoms with Gasteiger partial charge in [-0.1, -0.05) is 22.0 Å². The van der Waals surface area contributed by atoms with Crippen LogP contribution in [0.3, 0.4) is 0 Å². The van der Waals surface area contributed by atoms with E-state index >= 15 is 0 Å². The molecule has 96 valence electrons. The lowest BCUT2D eigenvalue weighted by Crippen LogP contribution is -2.38. The standard InChI is InChI=1S/C12H13BrFN3O/c1-6(2)17-10(11(15)16-12(17)18)8-4-3-7(14)5-9(8)13/h3-6,10H,1-2H3,(H2,15,16,18). The number of rotatable bonds is 2. The number of amidine groups is 1. The number of halogens is 2. The van der Waals surface area contributed by atoms with Gasteiger partial charge < -0.3 is 10.6 Å². The summed E-state index contributed by atoms with van der Waals surface area (Å²) in [5, 5.41) is 0. The third kappa shape index (κ3) is 2.12. The van der Waals surface area contributed by atoms with Gasteiger partial charge in [0.1, 0.15) is 17.7 Å². The second-order valence-corrected chi connectivity index (χ2v) is 5.24. The summed E-state index contributed by atoms with van der Waals surface area (Å²) in [7, 11) is 0. The number of aliphatic imine (C=N–C) groups is 1. The minimum Gasteiger partial charge on any atom is -0.385 e. The van der Waals surface area contributed by atoms with E-state index in [1.807, 2.05) is 13.8 Å². The monoisotopic (exact) mass is 313 g/mol. The molecule has 0 aromatic heterocycles. The number of hydrogen-bond acceptors (Lipinski definition) is 2. The van der Waals surface area contributed by atoms with Crippen LogP contribution < -0.4 is 5.73 Å². The molecule has 1 unspecified atom stereocenters. The van der Waals surface area contributed by atoms with Crippen molar-refractivity contribution < 1.29 is 9.18 Å². The van der Waals surface area contributed by atoms with Crippen molar-refractivity contribution in [3.63, 3.8) is 0 Å². The van der Waals surface area contributed by atoms with E-state index in [1.165, 1.54) is 12.1 Å². The Labute approximate surface area is 113 Å². The molecular formula is C12H13BrFN3O. The molecule has 1 aromatic rings. The van der Waals surface area contributed by atoms with Gasteiger partial charge in [-0.2, -0.15) is 4.99 Å². The van der Waals surface area contributed by atoms with Gasteiger partial charge in [0, 0.05) is 10.5 Å². The van der Waals surface area contributed by atoms with Crippen LogP contribution in [-0.2, 0) is 0 Å². The maximum atomic E-state index is 13.1. The molecule has 0 saturated heterocycles. The van der Waals surface area contributed by atoms with E-state index < -0.39 is 6.04 Å². The highest BCUT2D eigenvalue weighted by Crippen LogP contribution is 2.33. The number of carbonyl (C=O) groups excluding carboxylic acids is 1. The molecule has 1 atom stereocenters. The number of amides is 2. The normalized spacial score (nSPS) is 19.6. The molecule has 1 aliphatic heterocycles. The van der Waals surface area contributed by atoms with Gasteiger partial charge in [-0.3, -0.25) is 0 Å². The maximum absolute atomic E-state index is 13.1. The molecule has 1 heterocycles. The van der Waals surface area contributed by atoms with E-state index in [1.54, 1.807) is 11.0 Å². The highest BCUT2D eigenvalue weighted by Gasteiger charge is 2.37. The Bertz CT molecular complexity index is 530. The van der Waals surface area contributed by atoms with Crippen molar-refractivity contribution >= 4 is 27.8 Å². The van der Waals surface area contributed by atoms with Gasteiger partial charge in [-0.05, 0) is 31.5 Å². The molecule has 0 fully saturated rings. The molecule has 0 spiro atoms. The van der Waals surface area contributed by atoms with Crippen molar-refractivity contribution in [3.8, 4) is 0 Å². The van der Waals surface area contributed by atoms with Gasteiger partial charge in [-0.15, -0.1) is 0 Å². The highest BCUT2D eigenvalue weighted by molar-refractivity contribution is 9.10. The molecule has 0 radical (unpaired) electrons. The molecule has 6 heteroatoms. The van der Waals surface area contributed by atoms with Crippen LogP contribution >= 0.6 is 15.9 Å². The summed E-state index contributed by atoms with van der Waals surface area (Å²) >= 11 is 3.29. The minimum atomic E-state index is -0.438. The van der Waals surface area contributed by atoms with Crippen LogP contribution in [0.5, 0.6) is 0 Å². The maximum Gasteiger partial charge on any atom is 0.346 e. The quantitative estimate of drug-likeness (QED) is 0.912. The SMILES string of the molecule is CC(C)N1C(=O)N=C(N)C1c1ccc(F)cc1Br. The summed E-state index contributed by atoms with van der Waals surface area (Å²) in [6.45, 7) is 3.77. The molecule has 18 heavy (non-hydrogen) atoms. The Balaban J connectivity index is 2.48. The van der Waals surface area contributed by atoms with Crippen molar-refractivity contribution in [2.75, 3.05) is 0 Å². The Kier molecular flexibility index (Phi) is 3.38. The molecule has 1 aromatic carbocycles. The lowest BCUT2D eigenvalue weighted by atomic mass is 10.0. The molecule has 1 aliphatic rings. The van der Waals surface area contributed by atoms with Crippen LogP contribution in [0, 0.1) is 5.82 Å². The van der Waals surface area contributed by atoms with E-state index in [2.05, 4.69) is 20.9 Å². The molecular weight excluding hydrogens is 301 g/mol. The Morgan fingerprint density at radius 3 is 2.72 bits per heavy atom. The summed E-state index contributed by atoms with van der Waals surface area (Å²) in [6.07, 6.45) is 0. The second-order valence-electron chi connectivity index (χ2n) is 4.39. The molecule has 0 bridgehead atoms. The Morgan fingerprint density at radius 1 is 1.50 bits per heavy atom. The average Bonchev–Trinajstić information content (AvgIpc) is 2.53. The number of nitrogens with zero attached hydrogens (tertiary/aromatic N) is 2. The third-order valence-electron chi connectivity index (χ3n) is 2.82. The van der Waals surface area contributed by atoms with Gasteiger partial charge in [0.25, 0.3) is 0 Å². The van der Waals surface area contributed by atoms with Gasteiger partial charge in [0.05, 0.1) is 0 Å². The van der Waals surface area contributed by atoms with Crippen molar-refractivity contribution in [2.24, 2.45) is 10.7 Å². The van der Waals surface area contributed by atoms with Crippen LogP contribution in [-0.4, -0.2) is 22.8 Å². The largest absolute Gasteiger partial charge is 0.385 e. The van der Waals surface area contributed by atoms with E-state index in [4.69, 9.17) is 5.73 Å².